The minimum Gasteiger partial charge on any atom is -0.443 e. The van der Waals surface area contributed by atoms with E-state index in [4.69, 9.17) is 19.2 Å². The molecule has 2 aromatic heterocycles. The second kappa shape index (κ2) is 10.5. The van der Waals surface area contributed by atoms with Crippen LogP contribution in [0.2, 0.25) is 0 Å². The summed E-state index contributed by atoms with van der Waals surface area (Å²) in [7, 11) is 0. The first-order valence-electron chi connectivity index (χ1n) is 13.3. The zero-order chi connectivity index (χ0) is 27.9. The molecule has 0 atom stereocenters. The lowest BCUT2D eigenvalue weighted by atomic mass is 9.71. The van der Waals surface area contributed by atoms with Gasteiger partial charge in [-0.15, -0.1) is 0 Å². The topological polar surface area (TPSA) is 107 Å². The Labute approximate surface area is 232 Å². The van der Waals surface area contributed by atoms with Crippen LogP contribution in [0.25, 0.3) is 5.65 Å². The van der Waals surface area contributed by atoms with Gasteiger partial charge in [-0.1, -0.05) is 12.8 Å². The maximum absolute atomic E-state index is 13.5. The summed E-state index contributed by atoms with van der Waals surface area (Å²) in [6.45, 7) is 13.2. The Morgan fingerprint density at radius 2 is 1.76 bits per heavy atom. The van der Waals surface area contributed by atoms with Crippen molar-refractivity contribution in [2.45, 2.75) is 110 Å². The van der Waals surface area contributed by atoms with Crippen molar-refractivity contribution < 1.29 is 23.8 Å². The van der Waals surface area contributed by atoms with Crippen molar-refractivity contribution in [3.63, 3.8) is 0 Å². The summed E-state index contributed by atoms with van der Waals surface area (Å²) >= 11 is 3.55. The number of amides is 1. The van der Waals surface area contributed by atoms with E-state index in [1.165, 1.54) is 12.8 Å². The van der Waals surface area contributed by atoms with Crippen LogP contribution in [-0.2, 0) is 14.2 Å². The van der Waals surface area contributed by atoms with Crippen LogP contribution in [0.3, 0.4) is 0 Å². The van der Waals surface area contributed by atoms with E-state index in [2.05, 4.69) is 26.3 Å². The third-order valence-corrected chi connectivity index (χ3v) is 7.17. The summed E-state index contributed by atoms with van der Waals surface area (Å²) in [6.07, 6.45) is 6.29. The molecule has 210 valence electrons. The molecule has 2 heterocycles. The van der Waals surface area contributed by atoms with Crippen molar-refractivity contribution in [3.8, 4) is 0 Å². The van der Waals surface area contributed by atoms with Gasteiger partial charge in [0.25, 0.3) is 0 Å². The molecule has 0 spiro atoms. The zero-order valence-electron chi connectivity index (χ0n) is 23.5. The number of fused-ring (bicyclic) bond motifs is 1. The van der Waals surface area contributed by atoms with Gasteiger partial charge in [0, 0.05) is 18.7 Å². The van der Waals surface area contributed by atoms with Gasteiger partial charge >= 0.3 is 12.2 Å². The number of aromatic nitrogens is 3. The second-order valence-electron chi connectivity index (χ2n) is 12.7. The number of halogens is 1. The largest absolute Gasteiger partial charge is 0.509 e. The van der Waals surface area contributed by atoms with Crippen LogP contribution >= 0.6 is 15.9 Å². The number of carbonyl (C=O) groups is 2. The Morgan fingerprint density at radius 1 is 1.13 bits per heavy atom. The van der Waals surface area contributed by atoms with E-state index < -0.39 is 29.1 Å². The first-order chi connectivity index (χ1) is 17.6. The standard InChI is InChI=1S/C27H40BrN5O5/c1-25(2,3)36-23(34)32(16-17-13-27(7,14-17)38-24(35)37-26(4,5)6)21-12-20(30-18-10-8-9-11-18)31-22-19(28)15-29-33(21)22/h12,15,17-18H,8-11,13-14,16H2,1-7H3,(H,30,31). The molecule has 10 nitrogen and oxygen atoms in total. The van der Waals surface area contributed by atoms with E-state index in [0.717, 1.165) is 17.3 Å². The fourth-order valence-corrected chi connectivity index (χ4v) is 5.50. The van der Waals surface area contributed by atoms with Crippen LogP contribution < -0.4 is 10.2 Å². The number of rotatable bonds is 6. The van der Waals surface area contributed by atoms with Crippen LogP contribution in [0.4, 0.5) is 21.2 Å². The third-order valence-electron chi connectivity index (χ3n) is 6.61. The molecule has 1 N–H and O–H groups in total. The highest BCUT2D eigenvalue weighted by Gasteiger charge is 2.46. The van der Waals surface area contributed by atoms with E-state index >= 15 is 0 Å². The summed E-state index contributed by atoms with van der Waals surface area (Å²) in [5.74, 6) is 1.35. The molecule has 4 rings (SSSR count). The number of carbonyl (C=O) groups excluding carboxylic acids is 2. The third kappa shape index (κ3) is 7.09. The minimum absolute atomic E-state index is 0.0865. The molecule has 1 amide bonds. The molecule has 0 bridgehead atoms. The first kappa shape index (κ1) is 28.4. The second-order valence-corrected chi connectivity index (χ2v) is 13.6. The molecular weight excluding hydrogens is 554 g/mol. The van der Waals surface area contributed by atoms with Gasteiger partial charge in [-0.25, -0.2) is 14.6 Å². The Balaban J connectivity index is 1.58. The molecule has 0 saturated heterocycles. The summed E-state index contributed by atoms with van der Waals surface area (Å²) in [5.41, 5.74) is -1.34. The van der Waals surface area contributed by atoms with Gasteiger partial charge in [-0.05, 0) is 96.0 Å². The maximum Gasteiger partial charge on any atom is 0.509 e. The molecule has 2 fully saturated rings. The van der Waals surface area contributed by atoms with Crippen molar-refractivity contribution >= 4 is 45.5 Å². The molecule has 2 aromatic rings. The van der Waals surface area contributed by atoms with Crippen molar-refractivity contribution in [1.29, 1.82) is 0 Å². The van der Waals surface area contributed by atoms with E-state index in [9.17, 15) is 9.59 Å². The minimum atomic E-state index is -0.678. The summed E-state index contributed by atoms with van der Waals surface area (Å²) in [6, 6.07) is 2.22. The highest BCUT2D eigenvalue weighted by atomic mass is 79.9. The molecule has 2 saturated carbocycles. The predicted molar refractivity (Wildman–Crippen MR) is 149 cm³/mol. The Kier molecular flexibility index (Phi) is 7.89. The predicted octanol–water partition coefficient (Wildman–Crippen LogP) is 6.71. The normalized spacial score (nSPS) is 22.2. The number of hydrogen-bond donors (Lipinski definition) is 1. The molecule has 0 unspecified atom stereocenters. The van der Waals surface area contributed by atoms with Crippen LogP contribution in [0, 0.1) is 5.92 Å². The van der Waals surface area contributed by atoms with Crippen LogP contribution in [0.1, 0.15) is 87.0 Å². The van der Waals surface area contributed by atoms with E-state index in [-0.39, 0.29) is 5.92 Å². The van der Waals surface area contributed by atoms with Gasteiger partial charge in [-0.3, -0.25) is 4.90 Å². The van der Waals surface area contributed by atoms with Crippen LogP contribution in [0.5, 0.6) is 0 Å². The molecule has 2 aliphatic rings. The van der Waals surface area contributed by atoms with Crippen molar-refractivity contribution in [1.82, 2.24) is 14.6 Å². The molecule has 38 heavy (non-hydrogen) atoms. The summed E-state index contributed by atoms with van der Waals surface area (Å²) in [5, 5.41) is 8.03. The molecule has 11 heteroatoms. The quantitative estimate of drug-likeness (QED) is 0.368. The molecule has 0 aliphatic heterocycles. The number of nitrogens with zero attached hydrogens (tertiary/aromatic N) is 4. The fraction of sp³-hybridized carbons (Fsp3) is 0.704. The summed E-state index contributed by atoms with van der Waals surface area (Å²) < 4.78 is 19.2. The number of nitrogens with one attached hydrogen (secondary N) is 1. The van der Waals surface area contributed by atoms with Gasteiger partial charge in [0.15, 0.2) is 5.65 Å². The van der Waals surface area contributed by atoms with Gasteiger partial charge in [0.2, 0.25) is 0 Å². The number of hydrogen-bond acceptors (Lipinski definition) is 8. The van der Waals surface area contributed by atoms with Crippen molar-refractivity contribution in [2.75, 3.05) is 16.8 Å². The highest BCUT2D eigenvalue weighted by molar-refractivity contribution is 9.10. The van der Waals surface area contributed by atoms with Gasteiger partial charge < -0.3 is 19.5 Å². The number of ether oxygens (including phenoxy) is 3. The Morgan fingerprint density at radius 3 is 2.37 bits per heavy atom. The highest BCUT2D eigenvalue weighted by Crippen LogP contribution is 2.42. The summed E-state index contributed by atoms with van der Waals surface area (Å²) in [4.78, 5) is 32.2. The lowest BCUT2D eigenvalue weighted by Gasteiger charge is -2.45. The van der Waals surface area contributed by atoms with Crippen LogP contribution in [0.15, 0.2) is 16.7 Å². The molecular formula is C27H40BrN5O5. The van der Waals surface area contributed by atoms with Crippen LogP contribution in [-0.4, -0.2) is 56.2 Å². The maximum atomic E-state index is 13.5. The van der Waals surface area contributed by atoms with E-state index in [1.807, 2.05) is 33.8 Å². The van der Waals surface area contributed by atoms with Gasteiger partial charge in [0.1, 0.15) is 28.4 Å². The van der Waals surface area contributed by atoms with E-state index in [1.54, 1.807) is 36.4 Å². The molecule has 0 aromatic carbocycles. The SMILES string of the molecule is CC(C)(C)OC(=O)OC1(C)CC(CN(C(=O)OC(C)(C)C)c2cc(NC3CCCC3)nc3c(Br)cnn23)C1. The average molecular weight is 595 g/mol. The van der Waals surface area contributed by atoms with Gasteiger partial charge in [0.05, 0.1) is 10.7 Å². The molecule has 2 aliphatic carbocycles. The zero-order valence-corrected chi connectivity index (χ0v) is 25.1. The first-order valence-corrected chi connectivity index (χ1v) is 14.1. The van der Waals surface area contributed by atoms with Gasteiger partial charge in [-0.2, -0.15) is 9.61 Å². The molecule has 0 radical (unpaired) electrons. The monoisotopic (exact) mass is 593 g/mol. The smallest absolute Gasteiger partial charge is 0.443 e. The number of anilines is 2. The fourth-order valence-electron chi connectivity index (χ4n) is 5.15. The average Bonchev–Trinajstić information content (AvgIpc) is 3.37. The lowest BCUT2D eigenvalue weighted by Crippen LogP contribution is -2.51. The Bertz CT molecular complexity index is 1170. The van der Waals surface area contributed by atoms with Crippen molar-refractivity contribution in [2.24, 2.45) is 5.92 Å². The van der Waals surface area contributed by atoms with E-state index in [0.29, 0.717) is 42.7 Å². The Hall–Kier alpha value is -2.56. The lowest BCUT2D eigenvalue weighted by molar-refractivity contribution is -0.109. The van der Waals surface area contributed by atoms with Crippen molar-refractivity contribution in [3.05, 3.63) is 16.7 Å².